The van der Waals surface area contributed by atoms with E-state index in [1.165, 1.54) is 77.4 Å². The molecule has 0 fully saturated rings. The number of nitrogens with zero attached hydrogens (tertiary/aromatic N) is 2. The summed E-state index contributed by atoms with van der Waals surface area (Å²) in [7, 11) is 0. The van der Waals surface area contributed by atoms with Gasteiger partial charge < -0.3 is 9.80 Å². The summed E-state index contributed by atoms with van der Waals surface area (Å²) >= 11 is 0. The molecule has 1 atom stereocenters. The lowest BCUT2D eigenvalue weighted by Gasteiger charge is -2.34. The summed E-state index contributed by atoms with van der Waals surface area (Å²) in [6.45, 7) is 10.3. The second-order valence-corrected chi connectivity index (χ2v) is 19.5. The van der Waals surface area contributed by atoms with Crippen molar-refractivity contribution < 1.29 is 0 Å². The van der Waals surface area contributed by atoms with Crippen LogP contribution < -0.4 is 9.80 Å². The van der Waals surface area contributed by atoms with Crippen molar-refractivity contribution in [2.45, 2.75) is 13.3 Å². The summed E-state index contributed by atoms with van der Waals surface area (Å²) in [6.07, 6.45) is 9.42. The first-order valence-corrected chi connectivity index (χ1v) is 25.9. The molecule has 2 nitrogen and oxygen atoms in total. The van der Waals surface area contributed by atoms with Crippen LogP contribution in [0.3, 0.4) is 0 Å². The standard InChI is InChI=1S/C73H56N2/c1-4-52-16-10-22-59(47-52)62-25-12-24-61(49-62)56-36-41-67(42-37-56)74(72-30-14-20-57-18-6-8-28-69(57)72)66-39-32-54(33-40-66)55-34-43-68(44-35-55)75(73-31-15-21-58-19-7-9-29-70(58)73)71-45-38-65(46-51(71)3)64-27-13-26-63(50-64)60-23-11-17-53(5-2)48-60/h4-45,47-51H,1-2,46H2,3H3. The molecule has 0 aromatic heterocycles. The van der Waals surface area contributed by atoms with Crippen LogP contribution in [0.25, 0.3) is 83.8 Å². The first-order valence-electron chi connectivity index (χ1n) is 25.9. The maximum absolute atomic E-state index is 3.99. The molecule has 0 amide bonds. The van der Waals surface area contributed by atoms with Crippen molar-refractivity contribution in [1.82, 2.24) is 0 Å². The van der Waals surface area contributed by atoms with Crippen LogP contribution in [-0.4, -0.2) is 0 Å². The molecule has 0 N–H and O–H groups in total. The minimum atomic E-state index is 0.252. The molecular formula is C73H56N2. The Bertz CT molecular complexity index is 3960. The molecule has 1 aliphatic carbocycles. The Morgan fingerprint density at radius 3 is 1.21 bits per heavy atom. The number of benzene rings is 11. The van der Waals surface area contributed by atoms with E-state index in [1.54, 1.807) is 0 Å². The number of anilines is 5. The fraction of sp³-hybridized carbons (Fsp3) is 0.0411. The number of hydrogen-bond acceptors (Lipinski definition) is 2. The van der Waals surface area contributed by atoms with Crippen LogP contribution in [-0.2, 0) is 0 Å². The van der Waals surface area contributed by atoms with Crippen molar-refractivity contribution in [2.24, 2.45) is 5.92 Å². The lowest BCUT2D eigenvalue weighted by atomic mass is 9.86. The Morgan fingerprint density at radius 1 is 0.347 bits per heavy atom. The molecule has 12 rings (SSSR count). The number of rotatable bonds is 13. The van der Waals surface area contributed by atoms with E-state index in [-0.39, 0.29) is 5.92 Å². The fourth-order valence-corrected chi connectivity index (χ4v) is 10.9. The zero-order valence-corrected chi connectivity index (χ0v) is 42.2. The molecule has 1 aliphatic rings. The molecule has 0 aliphatic heterocycles. The number of hydrogen-bond donors (Lipinski definition) is 0. The van der Waals surface area contributed by atoms with Crippen molar-refractivity contribution in [3.8, 4) is 44.5 Å². The van der Waals surface area contributed by atoms with E-state index in [0.29, 0.717) is 0 Å². The average molecular weight is 961 g/mol. The quantitative estimate of drug-likeness (QED) is 0.114. The molecule has 1 unspecified atom stereocenters. The van der Waals surface area contributed by atoms with Gasteiger partial charge in [-0.1, -0.05) is 220 Å². The summed E-state index contributed by atoms with van der Waals surface area (Å²) in [5.74, 6) is 0.252. The lowest BCUT2D eigenvalue weighted by molar-refractivity contribution is 0.681. The van der Waals surface area contributed by atoms with E-state index in [0.717, 1.165) is 51.4 Å². The summed E-state index contributed by atoms with van der Waals surface area (Å²) < 4.78 is 0. The SMILES string of the molecule is C=Cc1cccc(-c2cccc(C3=CC=C(N(c4ccc(-c5ccc(N(c6ccc(-c7cccc(-c8cccc(C=C)c8)c7)cc6)c6cccc7ccccc67)cc5)cc4)c4cccc5ccccc45)C(C)C3)c2)c1. The van der Waals surface area contributed by atoms with Crippen molar-refractivity contribution in [3.05, 3.63) is 302 Å². The van der Waals surface area contributed by atoms with Crippen LogP contribution in [0.1, 0.15) is 30.0 Å². The molecule has 0 spiro atoms. The fourth-order valence-electron chi connectivity index (χ4n) is 10.9. The second kappa shape index (κ2) is 20.5. The van der Waals surface area contributed by atoms with Crippen LogP contribution in [0.4, 0.5) is 28.4 Å². The molecule has 0 saturated carbocycles. The van der Waals surface area contributed by atoms with Crippen LogP contribution in [0, 0.1) is 5.92 Å². The van der Waals surface area contributed by atoms with Gasteiger partial charge in [0, 0.05) is 39.4 Å². The highest BCUT2D eigenvalue weighted by molar-refractivity contribution is 6.00. The molecule has 11 aromatic carbocycles. The van der Waals surface area contributed by atoms with Gasteiger partial charge in [0.2, 0.25) is 0 Å². The van der Waals surface area contributed by atoms with Crippen LogP contribution >= 0.6 is 0 Å². The van der Waals surface area contributed by atoms with Crippen molar-refractivity contribution in [2.75, 3.05) is 9.80 Å². The van der Waals surface area contributed by atoms with Gasteiger partial charge in [0.05, 0.1) is 11.4 Å². The van der Waals surface area contributed by atoms with Crippen molar-refractivity contribution in [1.29, 1.82) is 0 Å². The molecule has 358 valence electrons. The van der Waals surface area contributed by atoms with E-state index in [9.17, 15) is 0 Å². The highest BCUT2D eigenvalue weighted by atomic mass is 15.2. The average Bonchev–Trinajstić information content (AvgIpc) is 3.48. The summed E-state index contributed by atoms with van der Waals surface area (Å²) in [6, 6.07) is 92.6. The third kappa shape index (κ3) is 9.43. The van der Waals surface area contributed by atoms with E-state index in [1.807, 2.05) is 12.2 Å². The Kier molecular flexibility index (Phi) is 12.8. The Hall–Kier alpha value is -9.50. The van der Waals surface area contributed by atoms with Gasteiger partial charge in [0.25, 0.3) is 0 Å². The Labute approximate surface area is 441 Å². The monoisotopic (exact) mass is 960 g/mol. The summed E-state index contributed by atoms with van der Waals surface area (Å²) in [5.41, 5.74) is 21.2. The van der Waals surface area contributed by atoms with Crippen LogP contribution in [0.15, 0.2) is 286 Å². The van der Waals surface area contributed by atoms with Crippen molar-refractivity contribution >= 4 is 67.7 Å². The minimum absolute atomic E-state index is 0.252. The topological polar surface area (TPSA) is 6.48 Å². The van der Waals surface area contributed by atoms with Crippen LogP contribution in [0.2, 0.25) is 0 Å². The van der Waals surface area contributed by atoms with Gasteiger partial charge in [-0.15, -0.1) is 0 Å². The zero-order valence-electron chi connectivity index (χ0n) is 42.2. The predicted octanol–water partition coefficient (Wildman–Crippen LogP) is 20.6. The molecule has 0 radical (unpaired) electrons. The molecular weight excluding hydrogens is 905 g/mol. The van der Waals surface area contributed by atoms with Crippen molar-refractivity contribution in [3.63, 3.8) is 0 Å². The molecule has 0 saturated heterocycles. The van der Waals surface area contributed by atoms with Gasteiger partial charge in [-0.25, -0.2) is 0 Å². The Balaban J connectivity index is 0.869. The summed E-state index contributed by atoms with van der Waals surface area (Å²) in [4.78, 5) is 4.87. The van der Waals surface area contributed by atoms with Gasteiger partial charge in [0.15, 0.2) is 0 Å². The summed E-state index contributed by atoms with van der Waals surface area (Å²) in [5, 5.41) is 4.85. The van der Waals surface area contributed by atoms with E-state index in [4.69, 9.17) is 0 Å². The molecule has 0 bridgehead atoms. The van der Waals surface area contributed by atoms with Gasteiger partial charge >= 0.3 is 0 Å². The maximum Gasteiger partial charge on any atom is 0.0540 e. The van der Waals surface area contributed by atoms with Crippen LogP contribution in [0.5, 0.6) is 0 Å². The highest BCUT2D eigenvalue weighted by Gasteiger charge is 2.25. The highest BCUT2D eigenvalue weighted by Crippen LogP contribution is 2.44. The van der Waals surface area contributed by atoms with E-state index < -0.39 is 0 Å². The second-order valence-electron chi connectivity index (χ2n) is 19.5. The third-order valence-electron chi connectivity index (χ3n) is 14.8. The zero-order chi connectivity index (χ0) is 50.7. The number of allylic oxidation sites excluding steroid dienone is 4. The van der Waals surface area contributed by atoms with E-state index in [2.05, 4.69) is 297 Å². The Morgan fingerprint density at radius 2 is 0.720 bits per heavy atom. The van der Waals surface area contributed by atoms with Gasteiger partial charge in [0.1, 0.15) is 0 Å². The van der Waals surface area contributed by atoms with Gasteiger partial charge in [-0.2, -0.15) is 0 Å². The third-order valence-corrected chi connectivity index (χ3v) is 14.8. The minimum Gasteiger partial charge on any atom is -0.313 e. The largest absolute Gasteiger partial charge is 0.313 e. The number of fused-ring (bicyclic) bond motifs is 2. The molecule has 2 heteroatoms. The maximum atomic E-state index is 3.99. The van der Waals surface area contributed by atoms with Gasteiger partial charge in [-0.05, 0) is 163 Å². The molecule has 0 heterocycles. The first-order chi connectivity index (χ1) is 37.0. The first kappa shape index (κ1) is 46.6. The lowest BCUT2D eigenvalue weighted by Crippen LogP contribution is -2.23. The normalized spacial score (nSPS) is 13.2. The molecule has 75 heavy (non-hydrogen) atoms. The van der Waals surface area contributed by atoms with Gasteiger partial charge in [-0.3, -0.25) is 0 Å². The smallest absolute Gasteiger partial charge is 0.0540 e. The predicted molar refractivity (Wildman–Crippen MR) is 323 cm³/mol. The molecule has 11 aromatic rings. The van der Waals surface area contributed by atoms with E-state index >= 15 is 0 Å².